The molecule has 0 N–H and O–H groups in total. The van der Waals surface area contributed by atoms with E-state index in [9.17, 15) is 0 Å². The molecule has 0 aromatic heterocycles. The first-order valence-corrected chi connectivity index (χ1v) is 25.3. The van der Waals surface area contributed by atoms with Gasteiger partial charge in [0.2, 0.25) is 0 Å². The Balaban J connectivity index is 1.04. The number of fused-ring (bicyclic) bond motifs is 8. The van der Waals surface area contributed by atoms with Gasteiger partial charge >= 0.3 is 0 Å². The number of hydrogen-bond acceptors (Lipinski definition) is 2. The van der Waals surface area contributed by atoms with Gasteiger partial charge in [0, 0.05) is 34.1 Å². The van der Waals surface area contributed by atoms with Crippen molar-refractivity contribution in [3.63, 3.8) is 0 Å². The molecule has 0 unspecified atom stereocenters. The SMILES string of the molecule is c1ccc(-c2ccc(-c3cc4c5c(c3)N(c3ccc(-c6ccccc6)cc3)c3cc6cc7ccccc7cc6cc3B5c3cc5cc6ccccc6cc5cc3N4c3ccc(-c4ccccc4)cc3)cc2)cc1. The summed E-state index contributed by atoms with van der Waals surface area (Å²) in [7, 11) is 0. The number of nitrogens with zero attached hydrogens (tertiary/aromatic N) is 2. The predicted molar refractivity (Wildman–Crippen MR) is 312 cm³/mol. The van der Waals surface area contributed by atoms with Crippen molar-refractivity contribution in [2.45, 2.75) is 0 Å². The van der Waals surface area contributed by atoms with Crippen LogP contribution in [0.1, 0.15) is 0 Å². The maximum atomic E-state index is 2.56. The van der Waals surface area contributed by atoms with Gasteiger partial charge < -0.3 is 9.80 Å². The molecular formula is C70H45BN2. The van der Waals surface area contributed by atoms with Crippen LogP contribution in [0.5, 0.6) is 0 Å². The average Bonchev–Trinajstić information content (AvgIpc) is 3.48. The monoisotopic (exact) mass is 924 g/mol. The quantitative estimate of drug-likeness (QED) is 0.121. The lowest BCUT2D eigenvalue weighted by molar-refractivity contribution is 1.26. The van der Waals surface area contributed by atoms with E-state index in [4.69, 9.17) is 0 Å². The number of rotatable bonds is 6. The van der Waals surface area contributed by atoms with E-state index in [0.717, 1.165) is 16.9 Å². The Kier molecular flexibility index (Phi) is 9.40. The summed E-state index contributed by atoms with van der Waals surface area (Å²) in [5, 5.41) is 9.90. The lowest BCUT2D eigenvalue weighted by Gasteiger charge is -2.44. The van der Waals surface area contributed by atoms with Gasteiger partial charge in [-0.05, 0) is 177 Å². The Hall–Kier alpha value is -9.44. The van der Waals surface area contributed by atoms with Crippen LogP contribution in [0.2, 0.25) is 0 Å². The Morgan fingerprint density at radius 2 is 0.493 bits per heavy atom. The second-order valence-corrected chi connectivity index (χ2v) is 19.7. The highest BCUT2D eigenvalue weighted by Crippen LogP contribution is 2.48. The molecule has 2 heterocycles. The molecule has 2 aliphatic rings. The molecule has 13 aromatic rings. The van der Waals surface area contributed by atoms with Crippen molar-refractivity contribution in [2.24, 2.45) is 0 Å². The van der Waals surface area contributed by atoms with Gasteiger partial charge in [0.15, 0.2) is 0 Å². The van der Waals surface area contributed by atoms with E-state index < -0.39 is 0 Å². The van der Waals surface area contributed by atoms with Gasteiger partial charge in [-0.2, -0.15) is 0 Å². The summed E-state index contributed by atoms with van der Waals surface area (Å²) in [6.45, 7) is -0.0732. The van der Waals surface area contributed by atoms with Gasteiger partial charge in [0.05, 0.1) is 0 Å². The molecule has 0 amide bonds. The molecule has 2 aliphatic heterocycles. The lowest BCUT2D eigenvalue weighted by atomic mass is 9.33. The molecule has 0 saturated heterocycles. The molecular weight excluding hydrogens is 880 g/mol. The van der Waals surface area contributed by atoms with Crippen molar-refractivity contribution < 1.29 is 0 Å². The van der Waals surface area contributed by atoms with Crippen molar-refractivity contribution in [3.05, 3.63) is 273 Å². The number of hydrogen-bond donors (Lipinski definition) is 0. The highest BCUT2D eigenvalue weighted by atomic mass is 15.2. The summed E-state index contributed by atoms with van der Waals surface area (Å²) in [5.74, 6) is 0. The van der Waals surface area contributed by atoms with Gasteiger partial charge in [-0.1, -0.05) is 200 Å². The first-order valence-electron chi connectivity index (χ1n) is 25.3. The summed E-state index contributed by atoms with van der Waals surface area (Å²) < 4.78 is 0. The molecule has 0 spiro atoms. The fraction of sp³-hybridized carbons (Fsp3) is 0. The number of anilines is 6. The highest BCUT2D eigenvalue weighted by molar-refractivity contribution is 7.00. The molecule has 73 heavy (non-hydrogen) atoms. The summed E-state index contributed by atoms with van der Waals surface area (Å²) in [5.41, 5.74) is 20.4. The van der Waals surface area contributed by atoms with Gasteiger partial charge in [0.1, 0.15) is 0 Å². The first-order chi connectivity index (χ1) is 36.1. The molecule has 13 aromatic carbocycles. The molecule has 0 saturated carbocycles. The van der Waals surface area contributed by atoms with E-state index in [2.05, 4.69) is 283 Å². The summed E-state index contributed by atoms with van der Waals surface area (Å²) in [6.07, 6.45) is 0. The summed E-state index contributed by atoms with van der Waals surface area (Å²) in [6, 6.07) is 102. The van der Waals surface area contributed by atoms with E-state index in [1.807, 2.05) is 0 Å². The smallest absolute Gasteiger partial charge is 0.252 e. The summed E-state index contributed by atoms with van der Waals surface area (Å²) in [4.78, 5) is 5.12. The topological polar surface area (TPSA) is 6.48 Å². The third-order valence-corrected chi connectivity index (χ3v) is 15.5. The van der Waals surface area contributed by atoms with Crippen molar-refractivity contribution in [1.29, 1.82) is 0 Å². The first kappa shape index (κ1) is 41.4. The standard InChI is InChI=1S/C70H45BN2/c1-4-14-46(15-5-1)49-24-26-52(27-25-49)61-44-68-70-69(45-61)73(63-34-30-51(31-35-63)48-18-8-3-9-19-48)67-43-60-39-56-23-13-11-21-54(56)37-58(60)41-65(67)71(70)64-40-57-36-53-20-10-12-22-55(53)38-59(57)42-66(64)72(68)62-32-28-50(29-33-62)47-16-6-2-7-17-47/h1-45H. The zero-order chi connectivity index (χ0) is 48.0. The fourth-order valence-electron chi connectivity index (χ4n) is 11.9. The highest BCUT2D eigenvalue weighted by Gasteiger charge is 2.44. The van der Waals surface area contributed by atoms with Gasteiger partial charge in [-0.25, -0.2) is 0 Å². The molecule has 0 fully saturated rings. The largest absolute Gasteiger partial charge is 0.311 e. The minimum atomic E-state index is -0.0732. The van der Waals surface area contributed by atoms with Crippen LogP contribution in [0.4, 0.5) is 34.1 Å². The van der Waals surface area contributed by atoms with Gasteiger partial charge in [-0.15, -0.1) is 0 Å². The van der Waals surface area contributed by atoms with Crippen LogP contribution >= 0.6 is 0 Å². The van der Waals surface area contributed by atoms with E-state index in [-0.39, 0.29) is 6.71 Å². The third-order valence-electron chi connectivity index (χ3n) is 15.5. The Morgan fingerprint density at radius 1 is 0.205 bits per heavy atom. The van der Waals surface area contributed by atoms with E-state index in [1.54, 1.807) is 0 Å². The molecule has 0 bridgehead atoms. The van der Waals surface area contributed by atoms with Crippen LogP contribution in [0.3, 0.4) is 0 Å². The lowest BCUT2D eigenvalue weighted by Crippen LogP contribution is -2.61. The molecule has 0 aliphatic carbocycles. The van der Waals surface area contributed by atoms with Crippen LogP contribution in [0, 0.1) is 0 Å². The molecule has 2 nitrogen and oxygen atoms in total. The maximum Gasteiger partial charge on any atom is 0.252 e. The van der Waals surface area contributed by atoms with E-state index in [0.29, 0.717) is 0 Å². The van der Waals surface area contributed by atoms with E-state index >= 15 is 0 Å². The van der Waals surface area contributed by atoms with Gasteiger partial charge in [-0.3, -0.25) is 0 Å². The fourth-order valence-corrected chi connectivity index (χ4v) is 11.9. The summed E-state index contributed by atoms with van der Waals surface area (Å²) >= 11 is 0. The second-order valence-electron chi connectivity index (χ2n) is 19.7. The average molecular weight is 925 g/mol. The maximum absolute atomic E-state index is 2.56. The van der Waals surface area contributed by atoms with Crippen LogP contribution in [-0.2, 0) is 0 Å². The molecule has 15 rings (SSSR count). The Labute approximate surface area is 425 Å². The van der Waals surface area contributed by atoms with Crippen molar-refractivity contribution in [2.75, 3.05) is 9.80 Å². The van der Waals surface area contributed by atoms with Crippen LogP contribution < -0.4 is 26.2 Å². The van der Waals surface area contributed by atoms with Crippen molar-refractivity contribution >= 4 is 100 Å². The zero-order valence-corrected chi connectivity index (χ0v) is 40.0. The Morgan fingerprint density at radius 3 is 0.849 bits per heavy atom. The molecule has 338 valence electrons. The minimum Gasteiger partial charge on any atom is -0.311 e. The van der Waals surface area contributed by atoms with Crippen LogP contribution in [0.15, 0.2) is 273 Å². The third kappa shape index (κ3) is 6.89. The van der Waals surface area contributed by atoms with Gasteiger partial charge in [0.25, 0.3) is 6.71 Å². The van der Waals surface area contributed by atoms with Crippen LogP contribution in [-0.4, -0.2) is 6.71 Å². The second kappa shape index (κ2) is 16.6. The minimum absolute atomic E-state index is 0.0732. The molecule has 3 heteroatoms. The predicted octanol–water partition coefficient (Wildman–Crippen LogP) is 17.0. The Bertz CT molecular complexity index is 4050. The molecule has 0 radical (unpaired) electrons. The van der Waals surface area contributed by atoms with Crippen LogP contribution in [0.25, 0.3) is 87.6 Å². The zero-order valence-electron chi connectivity index (χ0n) is 40.0. The molecule has 0 atom stereocenters. The normalized spacial score (nSPS) is 12.6. The van der Waals surface area contributed by atoms with E-state index in [1.165, 1.54) is 121 Å². The number of benzene rings is 13. The van der Waals surface area contributed by atoms with Crippen molar-refractivity contribution in [3.8, 4) is 44.5 Å². The van der Waals surface area contributed by atoms with Crippen molar-refractivity contribution in [1.82, 2.24) is 0 Å².